The van der Waals surface area contributed by atoms with Gasteiger partial charge in [0.2, 0.25) is 0 Å². The van der Waals surface area contributed by atoms with Crippen LogP contribution in [0.3, 0.4) is 0 Å². The Labute approximate surface area is 143 Å². The van der Waals surface area contributed by atoms with E-state index in [1.54, 1.807) is 37.3 Å². The van der Waals surface area contributed by atoms with Gasteiger partial charge in [-0.25, -0.2) is 9.50 Å². The molecule has 5 nitrogen and oxygen atoms in total. The van der Waals surface area contributed by atoms with Gasteiger partial charge in [0.05, 0.1) is 5.69 Å². The molecular formula is C17H20F3N5. The molecule has 1 unspecified atom stereocenters. The molecule has 3 aromatic heterocycles. The SMILES string of the molecule is CCC(Cc1c(C(F)(F)F)nc2ccc(N(C)C)nn12)c1ccc[nH]1. The third-order valence-corrected chi connectivity index (χ3v) is 4.28. The smallest absolute Gasteiger partial charge is 0.365 e. The standard InChI is InChI=1S/C17H20F3N5/c1-4-11(12-6-5-9-21-12)10-13-16(17(18,19)20)22-14-7-8-15(24(2)3)23-25(13)14/h5-9,11,21H,4,10H2,1-3H3. The van der Waals surface area contributed by atoms with Gasteiger partial charge in [0.1, 0.15) is 5.82 Å². The van der Waals surface area contributed by atoms with Crippen molar-refractivity contribution < 1.29 is 13.2 Å². The van der Waals surface area contributed by atoms with Crippen LogP contribution in [0.15, 0.2) is 30.5 Å². The maximum Gasteiger partial charge on any atom is 0.435 e. The topological polar surface area (TPSA) is 49.2 Å². The third-order valence-electron chi connectivity index (χ3n) is 4.28. The minimum atomic E-state index is -4.52. The van der Waals surface area contributed by atoms with Crippen LogP contribution in [0.2, 0.25) is 0 Å². The lowest BCUT2D eigenvalue weighted by Crippen LogP contribution is -2.16. The van der Waals surface area contributed by atoms with Gasteiger partial charge in [0, 0.05) is 38.3 Å². The van der Waals surface area contributed by atoms with Crippen LogP contribution in [0.25, 0.3) is 5.65 Å². The van der Waals surface area contributed by atoms with E-state index in [9.17, 15) is 13.2 Å². The van der Waals surface area contributed by atoms with E-state index in [1.165, 1.54) is 4.52 Å². The van der Waals surface area contributed by atoms with E-state index in [0.717, 1.165) is 5.69 Å². The van der Waals surface area contributed by atoms with E-state index >= 15 is 0 Å². The molecule has 0 spiro atoms. The number of aromatic amines is 1. The molecular weight excluding hydrogens is 331 g/mol. The molecule has 0 aliphatic heterocycles. The van der Waals surface area contributed by atoms with E-state index in [2.05, 4.69) is 15.1 Å². The molecule has 0 radical (unpaired) electrons. The zero-order valence-corrected chi connectivity index (χ0v) is 14.3. The maximum atomic E-state index is 13.5. The highest BCUT2D eigenvalue weighted by molar-refractivity contribution is 5.48. The summed E-state index contributed by atoms with van der Waals surface area (Å²) in [5.74, 6) is 0.508. The van der Waals surface area contributed by atoms with Gasteiger partial charge in [-0.3, -0.25) is 0 Å². The molecule has 8 heteroatoms. The van der Waals surface area contributed by atoms with E-state index in [1.807, 2.05) is 19.1 Å². The Hall–Kier alpha value is -2.51. The number of anilines is 1. The number of alkyl halides is 3. The molecule has 25 heavy (non-hydrogen) atoms. The van der Waals surface area contributed by atoms with Gasteiger partial charge >= 0.3 is 6.18 Å². The molecule has 0 amide bonds. The van der Waals surface area contributed by atoms with Gasteiger partial charge < -0.3 is 9.88 Å². The molecule has 0 aliphatic carbocycles. The van der Waals surface area contributed by atoms with Crippen molar-refractivity contribution in [3.63, 3.8) is 0 Å². The minimum Gasteiger partial charge on any atom is -0.365 e. The predicted octanol–water partition coefficient (Wildman–Crippen LogP) is 3.88. The first-order valence-corrected chi connectivity index (χ1v) is 8.07. The normalized spacial score (nSPS) is 13.4. The van der Waals surface area contributed by atoms with Gasteiger partial charge in [-0.2, -0.15) is 13.2 Å². The summed E-state index contributed by atoms with van der Waals surface area (Å²) in [7, 11) is 3.59. The summed E-state index contributed by atoms with van der Waals surface area (Å²) in [6.45, 7) is 1.96. The van der Waals surface area contributed by atoms with Gasteiger partial charge in [-0.1, -0.05) is 6.92 Å². The number of imidazole rings is 1. The lowest BCUT2D eigenvalue weighted by atomic mass is 9.96. The Bertz CT molecular complexity index is 849. The molecule has 0 fully saturated rings. The number of rotatable bonds is 5. The average molecular weight is 351 g/mol. The fourth-order valence-electron chi connectivity index (χ4n) is 2.92. The molecule has 0 aromatic carbocycles. The first-order valence-electron chi connectivity index (χ1n) is 8.07. The Balaban J connectivity index is 2.14. The summed E-state index contributed by atoms with van der Waals surface area (Å²) in [6.07, 6.45) is -1.83. The number of hydrogen-bond acceptors (Lipinski definition) is 3. The van der Waals surface area contributed by atoms with Gasteiger partial charge in [-0.05, 0) is 30.7 Å². The maximum absolute atomic E-state index is 13.5. The van der Waals surface area contributed by atoms with Gasteiger partial charge in [0.15, 0.2) is 11.3 Å². The zero-order valence-electron chi connectivity index (χ0n) is 14.3. The fourth-order valence-corrected chi connectivity index (χ4v) is 2.92. The predicted molar refractivity (Wildman–Crippen MR) is 89.8 cm³/mol. The average Bonchev–Trinajstić information content (AvgIpc) is 3.19. The Morgan fingerprint density at radius 1 is 1.24 bits per heavy atom. The number of nitrogens with zero attached hydrogens (tertiary/aromatic N) is 4. The van der Waals surface area contributed by atoms with Crippen molar-refractivity contribution in [2.75, 3.05) is 19.0 Å². The molecule has 134 valence electrons. The first-order chi connectivity index (χ1) is 11.8. The summed E-state index contributed by atoms with van der Waals surface area (Å²) >= 11 is 0. The van der Waals surface area contributed by atoms with E-state index in [4.69, 9.17) is 0 Å². The molecule has 0 saturated carbocycles. The van der Waals surface area contributed by atoms with Crippen LogP contribution in [0.1, 0.15) is 36.3 Å². The fraction of sp³-hybridized carbons (Fsp3) is 0.412. The van der Waals surface area contributed by atoms with Crippen molar-refractivity contribution in [3.8, 4) is 0 Å². The second kappa shape index (κ2) is 6.42. The first kappa shape index (κ1) is 17.3. The highest BCUT2D eigenvalue weighted by Gasteiger charge is 2.38. The molecule has 3 aromatic rings. The van der Waals surface area contributed by atoms with Crippen LogP contribution in [0, 0.1) is 0 Å². The van der Waals surface area contributed by atoms with Crippen molar-refractivity contribution >= 4 is 11.5 Å². The second-order valence-electron chi connectivity index (χ2n) is 6.20. The van der Waals surface area contributed by atoms with Crippen LogP contribution in [-0.2, 0) is 12.6 Å². The van der Waals surface area contributed by atoms with Crippen LogP contribution in [0.4, 0.5) is 19.0 Å². The number of hydrogen-bond donors (Lipinski definition) is 1. The van der Waals surface area contributed by atoms with Gasteiger partial charge in [0.25, 0.3) is 0 Å². The lowest BCUT2D eigenvalue weighted by Gasteiger charge is -2.16. The van der Waals surface area contributed by atoms with E-state index < -0.39 is 11.9 Å². The van der Waals surface area contributed by atoms with Crippen molar-refractivity contribution in [2.45, 2.75) is 31.9 Å². The van der Waals surface area contributed by atoms with E-state index in [0.29, 0.717) is 12.2 Å². The molecule has 1 N–H and O–H groups in total. The van der Waals surface area contributed by atoms with Crippen molar-refractivity contribution in [1.29, 1.82) is 0 Å². The lowest BCUT2D eigenvalue weighted by molar-refractivity contribution is -0.141. The number of halogens is 3. The molecule has 1 atom stereocenters. The van der Waals surface area contributed by atoms with Crippen LogP contribution < -0.4 is 4.90 Å². The zero-order chi connectivity index (χ0) is 18.2. The Morgan fingerprint density at radius 3 is 2.56 bits per heavy atom. The third kappa shape index (κ3) is 3.33. The summed E-state index contributed by atoms with van der Waals surface area (Å²) in [4.78, 5) is 8.65. The number of nitrogens with one attached hydrogen (secondary N) is 1. The number of aromatic nitrogens is 4. The van der Waals surface area contributed by atoms with Gasteiger partial charge in [-0.15, -0.1) is 5.10 Å². The molecule has 0 bridgehead atoms. The van der Waals surface area contributed by atoms with E-state index in [-0.39, 0.29) is 23.7 Å². The molecule has 0 saturated heterocycles. The van der Waals surface area contributed by atoms with Crippen molar-refractivity contribution in [2.24, 2.45) is 0 Å². The highest BCUT2D eigenvalue weighted by atomic mass is 19.4. The van der Waals surface area contributed by atoms with Crippen LogP contribution in [-0.4, -0.2) is 33.7 Å². The summed E-state index contributed by atoms with van der Waals surface area (Å²) in [5.41, 5.74) is 0.345. The molecule has 3 rings (SSSR count). The van der Waals surface area contributed by atoms with Crippen LogP contribution >= 0.6 is 0 Å². The number of H-pyrrole nitrogens is 1. The summed E-state index contributed by atoms with van der Waals surface area (Å²) in [6, 6.07) is 6.97. The second-order valence-corrected chi connectivity index (χ2v) is 6.20. The Morgan fingerprint density at radius 2 is 2.00 bits per heavy atom. The molecule has 0 aliphatic rings. The number of fused-ring (bicyclic) bond motifs is 1. The molecule has 3 heterocycles. The quantitative estimate of drug-likeness (QED) is 0.759. The van der Waals surface area contributed by atoms with Crippen LogP contribution in [0.5, 0.6) is 0 Å². The Kier molecular flexibility index (Phi) is 4.45. The minimum absolute atomic E-state index is 0.0687. The summed E-state index contributed by atoms with van der Waals surface area (Å²) in [5, 5.41) is 4.35. The largest absolute Gasteiger partial charge is 0.435 e. The monoisotopic (exact) mass is 351 g/mol. The van der Waals surface area contributed by atoms with Crippen molar-refractivity contribution in [3.05, 3.63) is 47.5 Å². The summed E-state index contributed by atoms with van der Waals surface area (Å²) < 4.78 is 41.9. The highest BCUT2D eigenvalue weighted by Crippen LogP contribution is 2.35. The van der Waals surface area contributed by atoms with Crippen molar-refractivity contribution in [1.82, 2.24) is 19.6 Å².